The molecule has 0 spiro atoms. The third kappa shape index (κ3) is 3.71. The lowest BCUT2D eigenvalue weighted by Gasteiger charge is -2.07. The molecule has 0 aliphatic carbocycles. The number of benzene rings is 1. The minimum absolute atomic E-state index is 0.0752. The highest BCUT2D eigenvalue weighted by Gasteiger charge is 2.21. The minimum atomic E-state index is -0.476. The summed E-state index contributed by atoms with van der Waals surface area (Å²) in [5.74, 6) is 0.270. The Kier molecular flexibility index (Phi) is 4.85. The van der Waals surface area contributed by atoms with Gasteiger partial charge in [-0.1, -0.05) is 35.0 Å². The summed E-state index contributed by atoms with van der Waals surface area (Å²) in [7, 11) is 0. The van der Waals surface area contributed by atoms with Crippen LogP contribution in [-0.4, -0.2) is 25.9 Å². The van der Waals surface area contributed by atoms with Gasteiger partial charge >= 0.3 is 5.97 Å². The van der Waals surface area contributed by atoms with Crippen LogP contribution in [0.2, 0.25) is 5.02 Å². The molecule has 2 aromatic heterocycles. The molecule has 3 aromatic rings. The van der Waals surface area contributed by atoms with Gasteiger partial charge in [0.05, 0.1) is 17.9 Å². The van der Waals surface area contributed by atoms with Gasteiger partial charge in [0.25, 0.3) is 5.89 Å². The SMILES string of the molecule is Cc1noc(COC(=O)c2c(C)nn(Cc3ccccc3Cl)c2C)n1. The van der Waals surface area contributed by atoms with Crippen molar-refractivity contribution >= 4 is 17.6 Å². The molecule has 8 heteroatoms. The lowest BCUT2D eigenvalue weighted by molar-refractivity contribution is 0.0428. The number of hydrogen-bond donors (Lipinski definition) is 0. The maximum absolute atomic E-state index is 12.4. The lowest BCUT2D eigenvalue weighted by Crippen LogP contribution is -2.09. The van der Waals surface area contributed by atoms with E-state index < -0.39 is 5.97 Å². The van der Waals surface area contributed by atoms with E-state index in [1.807, 2.05) is 31.2 Å². The number of aryl methyl sites for hydroxylation is 2. The Bertz CT molecular complexity index is 917. The number of carbonyl (C=O) groups is 1. The summed E-state index contributed by atoms with van der Waals surface area (Å²) in [6.07, 6.45) is 0. The quantitative estimate of drug-likeness (QED) is 0.649. The molecule has 7 nitrogen and oxygen atoms in total. The van der Waals surface area contributed by atoms with Gasteiger partial charge in [-0.15, -0.1) is 0 Å². The summed E-state index contributed by atoms with van der Waals surface area (Å²) in [5.41, 5.74) is 2.67. The Hall–Kier alpha value is -2.67. The first-order valence-electron chi connectivity index (χ1n) is 7.69. The van der Waals surface area contributed by atoms with Gasteiger partial charge in [-0.25, -0.2) is 4.79 Å². The molecular formula is C17H17ClN4O3. The second-order valence-corrected chi connectivity index (χ2v) is 6.01. The highest BCUT2D eigenvalue weighted by Crippen LogP contribution is 2.20. The summed E-state index contributed by atoms with van der Waals surface area (Å²) in [6, 6.07) is 7.53. The number of rotatable bonds is 5. The molecule has 0 saturated carbocycles. The van der Waals surface area contributed by atoms with Gasteiger partial charge in [0, 0.05) is 5.02 Å². The first-order chi connectivity index (χ1) is 12.0. The van der Waals surface area contributed by atoms with Crippen molar-refractivity contribution < 1.29 is 14.1 Å². The molecule has 0 amide bonds. The topological polar surface area (TPSA) is 83.0 Å². The average molecular weight is 361 g/mol. The number of nitrogens with zero attached hydrogens (tertiary/aromatic N) is 4. The molecule has 0 saturated heterocycles. The van der Waals surface area contributed by atoms with Crippen molar-refractivity contribution in [3.05, 3.63) is 63.5 Å². The van der Waals surface area contributed by atoms with Gasteiger partial charge in [0.15, 0.2) is 12.4 Å². The number of halogens is 1. The van der Waals surface area contributed by atoms with E-state index in [-0.39, 0.29) is 12.5 Å². The lowest BCUT2D eigenvalue weighted by atomic mass is 10.2. The van der Waals surface area contributed by atoms with E-state index in [9.17, 15) is 4.79 Å². The molecule has 0 radical (unpaired) electrons. The van der Waals surface area contributed by atoms with E-state index >= 15 is 0 Å². The predicted octanol–water partition coefficient (Wildman–Crippen LogP) is 3.25. The predicted molar refractivity (Wildman–Crippen MR) is 90.4 cm³/mol. The van der Waals surface area contributed by atoms with Crippen molar-refractivity contribution in [3.63, 3.8) is 0 Å². The third-order valence-corrected chi connectivity index (χ3v) is 4.13. The van der Waals surface area contributed by atoms with Gasteiger partial charge in [-0.05, 0) is 32.4 Å². The molecule has 0 atom stereocenters. The standard InChI is InChI=1S/C17H17ClN4O3/c1-10-16(17(23)24-9-15-19-12(3)21-25-15)11(2)22(20-10)8-13-6-4-5-7-14(13)18/h4-7H,8-9H2,1-3H3. The van der Waals surface area contributed by atoms with Crippen LogP contribution in [0.25, 0.3) is 0 Å². The fourth-order valence-corrected chi connectivity index (χ4v) is 2.73. The second kappa shape index (κ2) is 7.06. The Morgan fingerprint density at radius 2 is 2.04 bits per heavy atom. The van der Waals surface area contributed by atoms with E-state index in [1.54, 1.807) is 18.5 Å². The van der Waals surface area contributed by atoms with E-state index in [2.05, 4.69) is 15.2 Å². The van der Waals surface area contributed by atoms with Crippen LogP contribution in [0, 0.1) is 20.8 Å². The van der Waals surface area contributed by atoms with Gasteiger partial charge in [0.2, 0.25) is 0 Å². The third-order valence-electron chi connectivity index (χ3n) is 3.76. The molecule has 0 aliphatic rings. The number of aromatic nitrogens is 4. The molecule has 0 bridgehead atoms. The van der Waals surface area contributed by atoms with Gasteiger partial charge in [0.1, 0.15) is 5.56 Å². The normalized spacial score (nSPS) is 10.9. The van der Waals surface area contributed by atoms with Crippen molar-refractivity contribution in [1.82, 2.24) is 19.9 Å². The number of hydrogen-bond acceptors (Lipinski definition) is 6. The fourth-order valence-electron chi connectivity index (χ4n) is 2.53. The van der Waals surface area contributed by atoms with Crippen molar-refractivity contribution in [2.75, 3.05) is 0 Å². The summed E-state index contributed by atoms with van der Waals surface area (Å²) in [4.78, 5) is 16.4. The van der Waals surface area contributed by atoms with Crippen molar-refractivity contribution in [2.24, 2.45) is 0 Å². The van der Waals surface area contributed by atoms with Crippen LogP contribution >= 0.6 is 11.6 Å². The summed E-state index contributed by atoms with van der Waals surface area (Å²) in [6.45, 7) is 5.69. The number of esters is 1. The van der Waals surface area contributed by atoms with E-state index in [0.717, 1.165) is 5.56 Å². The van der Waals surface area contributed by atoms with Gasteiger partial charge in [-0.2, -0.15) is 10.1 Å². The molecule has 25 heavy (non-hydrogen) atoms. The molecule has 2 heterocycles. The van der Waals surface area contributed by atoms with Crippen LogP contribution in [-0.2, 0) is 17.9 Å². The monoisotopic (exact) mass is 360 g/mol. The molecule has 0 fully saturated rings. The Morgan fingerprint density at radius 1 is 1.28 bits per heavy atom. The highest BCUT2D eigenvalue weighted by molar-refractivity contribution is 6.31. The largest absolute Gasteiger partial charge is 0.452 e. The van der Waals surface area contributed by atoms with E-state index in [0.29, 0.717) is 34.3 Å². The van der Waals surface area contributed by atoms with Crippen LogP contribution in [0.5, 0.6) is 0 Å². The van der Waals surface area contributed by atoms with Crippen molar-refractivity contribution in [1.29, 1.82) is 0 Å². The second-order valence-electron chi connectivity index (χ2n) is 5.61. The van der Waals surface area contributed by atoms with Crippen LogP contribution < -0.4 is 0 Å². The Labute approximate surface area is 149 Å². The van der Waals surface area contributed by atoms with Crippen LogP contribution in [0.4, 0.5) is 0 Å². The molecule has 130 valence electrons. The smallest absolute Gasteiger partial charge is 0.342 e. The zero-order valence-corrected chi connectivity index (χ0v) is 14.9. The summed E-state index contributed by atoms with van der Waals surface area (Å²) >= 11 is 6.20. The zero-order valence-electron chi connectivity index (χ0n) is 14.1. The van der Waals surface area contributed by atoms with Gasteiger partial charge in [-0.3, -0.25) is 4.68 Å². The first-order valence-corrected chi connectivity index (χ1v) is 8.07. The average Bonchev–Trinajstić information content (AvgIpc) is 3.11. The highest BCUT2D eigenvalue weighted by atomic mass is 35.5. The van der Waals surface area contributed by atoms with Crippen molar-refractivity contribution in [3.8, 4) is 0 Å². The first kappa shape index (κ1) is 17.2. The molecule has 0 aliphatic heterocycles. The zero-order chi connectivity index (χ0) is 18.0. The Balaban J connectivity index is 1.77. The van der Waals surface area contributed by atoms with Crippen LogP contribution in [0.3, 0.4) is 0 Å². The van der Waals surface area contributed by atoms with Gasteiger partial charge < -0.3 is 9.26 Å². The molecule has 1 aromatic carbocycles. The summed E-state index contributed by atoms with van der Waals surface area (Å²) < 4.78 is 11.9. The fraction of sp³-hybridized carbons (Fsp3) is 0.294. The number of carbonyl (C=O) groups excluding carboxylic acids is 1. The van der Waals surface area contributed by atoms with Crippen molar-refractivity contribution in [2.45, 2.75) is 33.9 Å². The maximum Gasteiger partial charge on any atom is 0.342 e. The van der Waals surface area contributed by atoms with Crippen LogP contribution in [0.1, 0.15) is 39.0 Å². The number of ether oxygens (including phenoxy) is 1. The van der Waals surface area contributed by atoms with E-state index in [4.69, 9.17) is 20.9 Å². The molecule has 0 N–H and O–H groups in total. The minimum Gasteiger partial charge on any atom is -0.452 e. The maximum atomic E-state index is 12.4. The Morgan fingerprint density at radius 3 is 2.72 bits per heavy atom. The van der Waals surface area contributed by atoms with E-state index in [1.165, 1.54) is 0 Å². The molecule has 0 unspecified atom stereocenters. The summed E-state index contributed by atoms with van der Waals surface area (Å²) in [5, 5.41) is 8.75. The molecule has 3 rings (SSSR count). The molecular weight excluding hydrogens is 344 g/mol. The van der Waals surface area contributed by atoms with Crippen LogP contribution in [0.15, 0.2) is 28.8 Å².